The fraction of sp³-hybridized carbons (Fsp3) is 0.385. The molecule has 1 atom stereocenters. The Morgan fingerprint density at radius 2 is 2.12 bits per heavy atom. The topological polar surface area (TPSA) is 63.8 Å². The molecule has 0 spiro atoms. The summed E-state index contributed by atoms with van der Waals surface area (Å²) < 4.78 is 0. The normalized spacial score (nSPS) is 20.6. The van der Waals surface area contributed by atoms with Crippen molar-refractivity contribution in [1.82, 2.24) is 15.3 Å². The largest absolute Gasteiger partial charge is 0.368 e. The Bertz CT molecular complexity index is 532. The second-order valence-electron chi connectivity index (χ2n) is 4.53. The summed E-state index contributed by atoms with van der Waals surface area (Å²) in [6.45, 7) is 2.09. The maximum Gasteiger partial charge on any atom is 0.220 e. The molecule has 0 amide bonds. The fourth-order valence-corrected chi connectivity index (χ4v) is 2.52. The van der Waals surface area contributed by atoms with Gasteiger partial charge in [-0.25, -0.2) is 9.97 Å². The van der Waals surface area contributed by atoms with Crippen molar-refractivity contribution in [2.24, 2.45) is 0 Å². The smallest absolute Gasteiger partial charge is 0.220 e. The summed E-state index contributed by atoms with van der Waals surface area (Å²) in [6.07, 6.45) is 2.37. The number of anilines is 1. The van der Waals surface area contributed by atoms with E-state index >= 15 is 0 Å². The quantitative estimate of drug-likeness (QED) is 0.779. The summed E-state index contributed by atoms with van der Waals surface area (Å²) >= 11 is 0. The van der Waals surface area contributed by atoms with Gasteiger partial charge in [-0.05, 0) is 25.5 Å². The van der Waals surface area contributed by atoms with Crippen LogP contribution in [0.4, 0.5) is 5.95 Å². The predicted molar refractivity (Wildman–Crippen MR) is 68.8 cm³/mol. The van der Waals surface area contributed by atoms with Gasteiger partial charge in [0.25, 0.3) is 0 Å². The maximum absolute atomic E-state index is 5.79. The summed E-state index contributed by atoms with van der Waals surface area (Å²) in [5.74, 6) is 0.836. The monoisotopic (exact) mass is 228 g/mol. The Balaban J connectivity index is 2.13. The second kappa shape index (κ2) is 4.30. The van der Waals surface area contributed by atoms with E-state index < -0.39 is 0 Å². The van der Waals surface area contributed by atoms with E-state index in [1.807, 2.05) is 18.2 Å². The van der Waals surface area contributed by atoms with Crippen molar-refractivity contribution in [2.75, 3.05) is 18.8 Å². The number of rotatable bonds is 1. The lowest BCUT2D eigenvalue weighted by atomic mass is 9.93. The van der Waals surface area contributed by atoms with Crippen LogP contribution < -0.4 is 11.1 Å². The highest BCUT2D eigenvalue weighted by molar-refractivity contribution is 5.82. The van der Waals surface area contributed by atoms with Gasteiger partial charge in [0.15, 0.2) is 0 Å². The van der Waals surface area contributed by atoms with Gasteiger partial charge >= 0.3 is 0 Å². The molecule has 1 aliphatic heterocycles. The van der Waals surface area contributed by atoms with Gasteiger partial charge in [0.1, 0.15) is 0 Å². The first kappa shape index (κ1) is 10.5. The van der Waals surface area contributed by atoms with Crippen LogP contribution in [0, 0.1) is 0 Å². The van der Waals surface area contributed by atoms with Crippen LogP contribution in [0.3, 0.4) is 0 Å². The molecule has 2 aromatic rings. The van der Waals surface area contributed by atoms with Crippen molar-refractivity contribution < 1.29 is 0 Å². The zero-order valence-electron chi connectivity index (χ0n) is 9.69. The molecule has 1 unspecified atom stereocenters. The Kier molecular flexibility index (Phi) is 2.65. The number of fused-ring (bicyclic) bond motifs is 1. The highest BCUT2D eigenvalue weighted by Gasteiger charge is 2.19. The van der Waals surface area contributed by atoms with Crippen LogP contribution in [-0.4, -0.2) is 23.1 Å². The minimum Gasteiger partial charge on any atom is -0.368 e. The average Bonchev–Trinajstić information content (AvgIpc) is 2.39. The van der Waals surface area contributed by atoms with Crippen LogP contribution in [0.5, 0.6) is 0 Å². The Labute approximate surface area is 100 Å². The van der Waals surface area contributed by atoms with Crippen molar-refractivity contribution >= 4 is 16.9 Å². The Hall–Kier alpha value is -1.68. The van der Waals surface area contributed by atoms with Crippen LogP contribution in [0.1, 0.15) is 24.5 Å². The summed E-state index contributed by atoms with van der Waals surface area (Å²) in [5.41, 5.74) is 7.83. The first-order valence-corrected chi connectivity index (χ1v) is 6.07. The van der Waals surface area contributed by atoms with E-state index in [0.29, 0.717) is 11.9 Å². The minimum atomic E-state index is 0.379. The number of para-hydroxylation sites is 1. The van der Waals surface area contributed by atoms with Crippen molar-refractivity contribution in [1.29, 1.82) is 0 Å². The number of nitrogens with two attached hydrogens (primary N) is 1. The van der Waals surface area contributed by atoms with Crippen molar-refractivity contribution in [3.8, 4) is 0 Å². The SMILES string of the molecule is Nc1nc(C2CCCNC2)c2ccccc2n1. The average molecular weight is 228 g/mol. The van der Waals surface area contributed by atoms with E-state index in [2.05, 4.69) is 21.4 Å². The number of nitrogen functional groups attached to an aromatic ring is 1. The molecule has 17 heavy (non-hydrogen) atoms. The van der Waals surface area contributed by atoms with Crippen molar-refractivity contribution in [3.05, 3.63) is 30.0 Å². The molecule has 2 heterocycles. The van der Waals surface area contributed by atoms with Crippen LogP contribution in [0.25, 0.3) is 10.9 Å². The van der Waals surface area contributed by atoms with Crippen LogP contribution in [0.15, 0.2) is 24.3 Å². The molecule has 0 bridgehead atoms. The highest BCUT2D eigenvalue weighted by atomic mass is 15.0. The van der Waals surface area contributed by atoms with Gasteiger partial charge in [-0.2, -0.15) is 0 Å². The standard InChI is InChI=1S/C13H16N4/c14-13-16-11-6-2-1-5-10(11)12(17-13)9-4-3-7-15-8-9/h1-2,5-6,9,15H,3-4,7-8H2,(H2,14,16,17). The molecule has 88 valence electrons. The molecule has 1 aromatic heterocycles. The van der Waals surface area contributed by atoms with Gasteiger partial charge in [-0.3, -0.25) is 0 Å². The van der Waals surface area contributed by atoms with Gasteiger partial charge < -0.3 is 11.1 Å². The second-order valence-corrected chi connectivity index (χ2v) is 4.53. The molecule has 1 saturated heterocycles. The molecule has 1 aromatic carbocycles. The summed E-state index contributed by atoms with van der Waals surface area (Å²) in [5, 5.41) is 4.55. The van der Waals surface area contributed by atoms with Gasteiger partial charge in [-0.15, -0.1) is 0 Å². The maximum atomic E-state index is 5.79. The summed E-state index contributed by atoms with van der Waals surface area (Å²) in [4.78, 5) is 8.73. The molecule has 0 radical (unpaired) electrons. The molecule has 3 N–H and O–H groups in total. The van der Waals surface area contributed by atoms with E-state index in [0.717, 1.165) is 29.7 Å². The molecule has 1 fully saturated rings. The van der Waals surface area contributed by atoms with Crippen LogP contribution in [0.2, 0.25) is 0 Å². The van der Waals surface area contributed by atoms with Gasteiger partial charge in [0, 0.05) is 17.8 Å². The van der Waals surface area contributed by atoms with E-state index in [9.17, 15) is 0 Å². The molecular weight excluding hydrogens is 212 g/mol. The number of nitrogens with zero attached hydrogens (tertiary/aromatic N) is 2. The van der Waals surface area contributed by atoms with Gasteiger partial charge in [0.2, 0.25) is 5.95 Å². The first-order valence-electron chi connectivity index (χ1n) is 6.07. The highest BCUT2D eigenvalue weighted by Crippen LogP contribution is 2.28. The van der Waals surface area contributed by atoms with Crippen molar-refractivity contribution in [3.63, 3.8) is 0 Å². The third-order valence-corrected chi connectivity index (χ3v) is 3.33. The number of benzene rings is 1. The first-order chi connectivity index (χ1) is 8.34. The van der Waals surface area contributed by atoms with E-state index in [1.165, 1.54) is 12.8 Å². The number of aromatic nitrogens is 2. The lowest BCUT2D eigenvalue weighted by Crippen LogP contribution is -2.29. The van der Waals surface area contributed by atoms with E-state index in [4.69, 9.17) is 5.73 Å². The number of nitrogens with one attached hydrogen (secondary N) is 1. The zero-order valence-corrected chi connectivity index (χ0v) is 9.69. The fourth-order valence-electron chi connectivity index (χ4n) is 2.52. The molecule has 0 aliphatic carbocycles. The van der Waals surface area contributed by atoms with Gasteiger partial charge in [-0.1, -0.05) is 18.2 Å². The minimum absolute atomic E-state index is 0.379. The number of piperidine rings is 1. The Morgan fingerprint density at radius 1 is 1.24 bits per heavy atom. The lowest BCUT2D eigenvalue weighted by Gasteiger charge is -2.23. The molecular formula is C13H16N4. The van der Waals surface area contributed by atoms with Crippen LogP contribution in [-0.2, 0) is 0 Å². The third kappa shape index (κ3) is 1.96. The van der Waals surface area contributed by atoms with E-state index in [1.54, 1.807) is 0 Å². The molecule has 1 aliphatic rings. The van der Waals surface area contributed by atoms with Crippen molar-refractivity contribution in [2.45, 2.75) is 18.8 Å². The number of hydrogen-bond acceptors (Lipinski definition) is 4. The molecule has 4 nitrogen and oxygen atoms in total. The van der Waals surface area contributed by atoms with E-state index in [-0.39, 0.29) is 0 Å². The summed E-state index contributed by atoms with van der Waals surface area (Å²) in [6, 6.07) is 8.09. The molecule has 3 rings (SSSR count). The molecule has 0 saturated carbocycles. The third-order valence-electron chi connectivity index (χ3n) is 3.33. The van der Waals surface area contributed by atoms with Crippen LogP contribution >= 0.6 is 0 Å². The number of hydrogen-bond donors (Lipinski definition) is 2. The zero-order chi connectivity index (χ0) is 11.7. The lowest BCUT2D eigenvalue weighted by molar-refractivity contribution is 0.457. The molecule has 4 heteroatoms. The van der Waals surface area contributed by atoms with Gasteiger partial charge in [0.05, 0.1) is 11.2 Å². The Morgan fingerprint density at radius 3 is 2.94 bits per heavy atom. The predicted octanol–water partition coefficient (Wildman–Crippen LogP) is 1.68. The summed E-state index contributed by atoms with van der Waals surface area (Å²) in [7, 11) is 0.